The highest BCUT2D eigenvalue weighted by atomic mass is 32.1. The molecule has 0 atom stereocenters. The number of aliphatic imine (C=N–C) groups is 1. The predicted octanol–water partition coefficient (Wildman–Crippen LogP) is 2.26. The van der Waals surface area contributed by atoms with E-state index in [-0.39, 0.29) is 0 Å². The molecule has 0 aromatic heterocycles. The van der Waals surface area contributed by atoms with E-state index in [4.69, 9.17) is 4.74 Å². The number of rotatable bonds is 2. The zero-order chi connectivity index (χ0) is 10.5. The molecule has 15 heavy (non-hydrogen) atoms. The SMILES string of the molecule is S=C=Nc1cccc(N2CCOCC2)c1. The third kappa shape index (κ3) is 2.63. The number of anilines is 1. The summed E-state index contributed by atoms with van der Waals surface area (Å²) in [5.41, 5.74) is 2.03. The van der Waals surface area contributed by atoms with Crippen LogP contribution in [0.15, 0.2) is 29.3 Å². The summed E-state index contributed by atoms with van der Waals surface area (Å²) >= 11 is 4.58. The molecule has 0 aliphatic carbocycles. The Labute approximate surface area is 94.4 Å². The fraction of sp³-hybridized carbons (Fsp3) is 0.364. The van der Waals surface area contributed by atoms with Crippen LogP contribution in [0.1, 0.15) is 0 Å². The van der Waals surface area contributed by atoms with Gasteiger partial charge in [0.05, 0.1) is 24.1 Å². The zero-order valence-electron chi connectivity index (χ0n) is 8.35. The molecular weight excluding hydrogens is 208 g/mol. The molecule has 1 fully saturated rings. The van der Waals surface area contributed by atoms with E-state index >= 15 is 0 Å². The van der Waals surface area contributed by atoms with Gasteiger partial charge in [0.1, 0.15) is 0 Å². The average molecular weight is 220 g/mol. The van der Waals surface area contributed by atoms with Crippen LogP contribution < -0.4 is 4.90 Å². The molecule has 0 bridgehead atoms. The Hall–Kier alpha value is -1.22. The van der Waals surface area contributed by atoms with Gasteiger partial charge in [-0.3, -0.25) is 0 Å². The molecule has 3 nitrogen and oxygen atoms in total. The molecular formula is C11H12N2OS. The van der Waals surface area contributed by atoms with Crippen molar-refractivity contribution in [3.8, 4) is 0 Å². The number of hydrogen-bond donors (Lipinski definition) is 0. The van der Waals surface area contributed by atoms with Crippen LogP contribution in [-0.4, -0.2) is 31.5 Å². The van der Waals surface area contributed by atoms with E-state index in [0.717, 1.165) is 32.0 Å². The monoisotopic (exact) mass is 220 g/mol. The standard InChI is InChI=1S/C11H12N2OS/c15-9-12-10-2-1-3-11(8-10)13-4-6-14-7-5-13/h1-3,8H,4-7H2. The number of thiocarbonyl (C=S) groups is 1. The van der Waals surface area contributed by atoms with E-state index in [0.29, 0.717) is 0 Å². The maximum atomic E-state index is 5.30. The highest BCUT2D eigenvalue weighted by Gasteiger charge is 2.10. The van der Waals surface area contributed by atoms with Crippen molar-refractivity contribution < 1.29 is 4.74 Å². The van der Waals surface area contributed by atoms with E-state index in [2.05, 4.69) is 33.3 Å². The second-order valence-electron chi connectivity index (χ2n) is 3.32. The van der Waals surface area contributed by atoms with Crippen molar-refractivity contribution in [3.05, 3.63) is 24.3 Å². The summed E-state index contributed by atoms with van der Waals surface area (Å²) in [4.78, 5) is 6.25. The summed E-state index contributed by atoms with van der Waals surface area (Å²) in [6.07, 6.45) is 0. The first-order chi connectivity index (χ1) is 7.40. The molecule has 0 N–H and O–H groups in total. The van der Waals surface area contributed by atoms with E-state index in [1.54, 1.807) is 0 Å². The maximum Gasteiger partial charge on any atom is 0.0760 e. The van der Waals surface area contributed by atoms with Gasteiger partial charge in [-0.25, -0.2) is 0 Å². The van der Waals surface area contributed by atoms with Crippen LogP contribution in [0.3, 0.4) is 0 Å². The number of nitrogens with zero attached hydrogens (tertiary/aromatic N) is 2. The number of morpholine rings is 1. The second kappa shape index (κ2) is 5.03. The molecule has 0 unspecified atom stereocenters. The molecule has 4 heteroatoms. The molecule has 0 amide bonds. The molecule has 78 valence electrons. The summed E-state index contributed by atoms with van der Waals surface area (Å²) in [5.74, 6) is 0. The lowest BCUT2D eigenvalue weighted by Gasteiger charge is -2.28. The Morgan fingerprint density at radius 1 is 1.33 bits per heavy atom. The van der Waals surface area contributed by atoms with Crippen molar-refractivity contribution >= 4 is 28.8 Å². The van der Waals surface area contributed by atoms with Crippen LogP contribution >= 0.6 is 12.2 Å². The van der Waals surface area contributed by atoms with E-state index in [9.17, 15) is 0 Å². The van der Waals surface area contributed by atoms with Crippen LogP contribution in [0.25, 0.3) is 0 Å². The summed E-state index contributed by atoms with van der Waals surface area (Å²) in [6, 6.07) is 8.00. The molecule has 1 aromatic carbocycles. The quantitative estimate of drug-likeness (QED) is 0.564. The van der Waals surface area contributed by atoms with Crippen molar-refractivity contribution in [1.29, 1.82) is 0 Å². The lowest BCUT2D eigenvalue weighted by atomic mass is 10.2. The molecule has 1 heterocycles. The average Bonchev–Trinajstić information content (AvgIpc) is 2.31. The molecule has 0 saturated carbocycles. The van der Waals surface area contributed by atoms with Gasteiger partial charge in [-0.15, -0.1) is 0 Å². The number of benzene rings is 1. The summed E-state index contributed by atoms with van der Waals surface area (Å²) in [7, 11) is 0. The highest BCUT2D eigenvalue weighted by molar-refractivity contribution is 7.78. The molecule has 0 radical (unpaired) electrons. The maximum absolute atomic E-state index is 5.30. The first-order valence-electron chi connectivity index (χ1n) is 4.91. The first kappa shape index (κ1) is 10.3. The highest BCUT2D eigenvalue weighted by Crippen LogP contribution is 2.21. The number of ether oxygens (including phenoxy) is 1. The van der Waals surface area contributed by atoms with Crippen molar-refractivity contribution in [1.82, 2.24) is 0 Å². The largest absolute Gasteiger partial charge is 0.378 e. The van der Waals surface area contributed by atoms with E-state index in [1.807, 2.05) is 18.2 Å². The molecule has 0 spiro atoms. The van der Waals surface area contributed by atoms with Crippen molar-refractivity contribution in [2.24, 2.45) is 4.99 Å². The van der Waals surface area contributed by atoms with Gasteiger partial charge in [-0.05, 0) is 30.4 Å². The molecule has 1 aromatic rings. The van der Waals surface area contributed by atoms with Gasteiger partial charge in [0.25, 0.3) is 0 Å². The second-order valence-corrected chi connectivity index (χ2v) is 3.50. The van der Waals surface area contributed by atoms with Gasteiger partial charge < -0.3 is 9.64 Å². The summed E-state index contributed by atoms with van der Waals surface area (Å²) in [5, 5.41) is 2.38. The summed E-state index contributed by atoms with van der Waals surface area (Å²) in [6.45, 7) is 3.46. The lowest BCUT2D eigenvalue weighted by molar-refractivity contribution is 0.122. The minimum absolute atomic E-state index is 0.792. The Balaban J connectivity index is 2.19. The first-order valence-corrected chi connectivity index (χ1v) is 5.31. The minimum Gasteiger partial charge on any atom is -0.378 e. The van der Waals surface area contributed by atoms with Crippen molar-refractivity contribution in [3.63, 3.8) is 0 Å². The number of hydrogen-bond acceptors (Lipinski definition) is 4. The van der Waals surface area contributed by atoms with Gasteiger partial charge in [0, 0.05) is 18.8 Å². The number of isothiocyanates is 1. The predicted molar refractivity (Wildman–Crippen MR) is 64.2 cm³/mol. The van der Waals surface area contributed by atoms with Gasteiger partial charge >= 0.3 is 0 Å². The normalized spacial score (nSPS) is 15.9. The minimum atomic E-state index is 0.792. The molecule has 1 aliphatic heterocycles. The molecule has 1 aliphatic rings. The Morgan fingerprint density at radius 3 is 2.87 bits per heavy atom. The fourth-order valence-electron chi connectivity index (χ4n) is 1.63. The Morgan fingerprint density at radius 2 is 2.13 bits per heavy atom. The molecule has 1 saturated heterocycles. The van der Waals surface area contributed by atoms with Crippen LogP contribution in [0.2, 0.25) is 0 Å². The van der Waals surface area contributed by atoms with Gasteiger partial charge in [0.2, 0.25) is 0 Å². The van der Waals surface area contributed by atoms with E-state index in [1.165, 1.54) is 5.69 Å². The lowest BCUT2D eigenvalue weighted by Crippen LogP contribution is -2.36. The zero-order valence-corrected chi connectivity index (χ0v) is 9.17. The van der Waals surface area contributed by atoms with Gasteiger partial charge in [-0.1, -0.05) is 6.07 Å². The van der Waals surface area contributed by atoms with Crippen molar-refractivity contribution in [2.75, 3.05) is 31.2 Å². The Bertz CT molecular complexity index is 382. The smallest absolute Gasteiger partial charge is 0.0760 e. The Kier molecular flexibility index (Phi) is 3.45. The van der Waals surface area contributed by atoms with Crippen molar-refractivity contribution in [2.45, 2.75) is 0 Å². The molecule has 2 rings (SSSR count). The van der Waals surface area contributed by atoms with Gasteiger partial charge in [-0.2, -0.15) is 4.99 Å². The fourth-order valence-corrected chi connectivity index (χ4v) is 1.74. The van der Waals surface area contributed by atoms with Crippen LogP contribution in [0.4, 0.5) is 11.4 Å². The third-order valence-electron chi connectivity index (χ3n) is 2.38. The summed E-state index contributed by atoms with van der Waals surface area (Å²) < 4.78 is 5.30. The topological polar surface area (TPSA) is 24.8 Å². The van der Waals surface area contributed by atoms with Crippen LogP contribution in [-0.2, 0) is 4.74 Å². The van der Waals surface area contributed by atoms with Gasteiger partial charge in [0.15, 0.2) is 0 Å². The third-order valence-corrected chi connectivity index (χ3v) is 2.47. The van der Waals surface area contributed by atoms with E-state index < -0.39 is 0 Å². The van der Waals surface area contributed by atoms with Crippen LogP contribution in [0.5, 0.6) is 0 Å². The van der Waals surface area contributed by atoms with Crippen LogP contribution in [0, 0.1) is 0 Å².